The fraction of sp³-hybridized carbons (Fsp3) is 0.500. The molecule has 1 fully saturated rings. The third kappa shape index (κ3) is 2.96. The molecular weight excluding hydrogens is 272 g/mol. The van der Waals surface area contributed by atoms with Crippen molar-refractivity contribution in [3.8, 4) is 11.4 Å². The molecule has 0 bridgehead atoms. The highest BCUT2D eigenvalue weighted by Crippen LogP contribution is 2.19. The number of pyridine rings is 1. The first kappa shape index (κ1) is 13.5. The van der Waals surface area contributed by atoms with Crippen LogP contribution in [0.25, 0.3) is 11.4 Å². The lowest BCUT2D eigenvalue weighted by Crippen LogP contribution is -2.21. The molecule has 20 heavy (non-hydrogen) atoms. The predicted octanol–water partition coefficient (Wildman–Crippen LogP) is 2.96. The maximum atomic E-state index is 5.77. The van der Waals surface area contributed by atoms with Crippen LogP contribution >= 0.6 is 12.2 Å². The topological polar surface area (TPSA) is 55.7 Å². The van der Waals surface area contributed by atoms with Crippen LogP contribution in [0.1, 0.15) is 25.7 Å². The van der Waals surface area contributed by atoms with Gasteiger partial charge in [0, 0.05) is 31.1 Å². The maximum Gasteiger partial charge on any atom is 0.195 e. The van der Waals surface area contributed by atoms with Gasteiger partial charge in [-0.3, -0.25) is 10.1 Å². The lowest BCUT2D eigenvalue weighted by atomic mass is 10.1. The fourth-order valence-corrected chi connectivity index (χ4v) is 2.77. The third-order valence-corrected chi connectivity index (χ3v) is 3.94. The van der Waals surface area contributed by atoms with Crippen LogP contribution in [0.15, 0.2) is 24.5 Å². The number of hydrogen-bond acceptors (Lipinski definition) is 4. The first-order valence-electron chi connectivity index (χ1n) is 7.02. The Labute approximate surface area is 123 Å². The van der Waals surface area contributed by atoms with Gasteiger partial charge in [0.25, 0.3) is 0 Å². The summed E-state index contributed by atoms with van der Waals surface area (Å²) in [5.41, 5.74) is 0.976. The average molecular weight is 290 g/mol. The Kier molecular flexibility index (Phi) is 4.22. The van der Waals surface area contributed by atoms with Crippen molar-refractivity contribution in [3.05, 3.63) is 29.3 Å². The van der Waals surface area contributed by atoms with Gasteiger partial charge in [0.2, 0.25) is 0 Å². The molecule has 1 aliphatic rings. The normalized spacial score (nSPS) is 19.1. The van der Waals surface area contributed by atoms with Gasteiger partial charge in [-0.15, -0.1) is 0 Å². The summed E-state index contributed by atoms with van der Waals surface area (Å²) in [6.07, 6.45) is 8.47. The summed E-state index contributed by atoms with van der Waals surface area (Å²) in [6, 6.07) is 3.90. The van der Waals surface area contributed by atoms with Gasteiger partial charge in [0.15, 0.2) is 10.6 Å². The minimum atomic E-state index is 0.349. The van der Waals surface area contributed by atoms with Gasteiger partial charge in [-0.05, 0) is 50.0 Å². The second-order valence-electron chi connectivity index (χ2n) is 5.02. The molecule has 3 rings (SSSR count). The number of hydrogen-bond donors (Lipinski definition) is 1. The van der Waals surface area contributed by atoms with Crippen molar-refractivity contribution >= 4 is 12.2 Å². The molecule has 6 heteroatoms. The van der Waals surface area contributed by atoms with Crippen LogP contribution < -0.4 is 0 Å². The van der Waals surface area contributed by atoms with E-state index in [1.807, 2.05) is 16.7 Å². The maximum absolute atomic E-state index is 5.77. The van der Waals surface area contributed by atoms with Gasteiger partial charge >= 0.3 is 0 Å². The Morgan fingerprint density at radius 2 is 2.40 bits per heavy atom. The minimum absolute atomic E-state index is 0.349. The average Bonchev–Trinajstić information content (AvgIpc) is 2.88. The monoisotopic (exact) mass is 290 g/mol. The van der Waals surface area contributed by atoms with Crippen molar-refractivity contribution in [2.45, 2.75) is 38.3 Å². The molecule has 1 atom stereocenters. The summed E-state index contributed by atoms with van der Waals surface area (Å²) in [7, 11) is 0. The first-order chi connectivity index (χ1) is 9.84. The quantitative estimate of drug-likeness (QED) is 0.880. The zero-order chi connectivity index (χ0) is 13.8. The zero-order valence-electron chi connectivity index (χ0n) is 11.3. The van der Waals surface area contributed by atoms with E-state index < -0.39 is 0 Å². The summed E-state index contributed by atoms with van der Waals surface area (Å²) >= 11 is 5.32. The number of aromatic nitrogens is 4. The number of nitrogens with one attached hydrogen (secondary N) is 1. The van der Waals surface area contributed by atoms with Gasteiger partial charge in [-0.2, -0.15) is 5.10 Å². The molecule has 2 aromatic rings. The van der Waals surface area contributed by atoms with Crippen LogP contribution in [-0.2, 0) is 11.3 Å². The van der Waals surface area contributed by atoms with E-state index in [4.69, 9.17) is 17.0 Å². The molecule has 0 aromatic carbocycles. The minimum Gasteiger partial charge on any atom is -0.378 e. The summed E-state index contributed by atoms with van der Waals surface area (Å²) in [5.74, 6) is 0.846. The lowest BCUT2D eigenvalue weighted by molar-refractivity contribution is 0.00881. The molecule has 0 amide bonds. The predicted molar refractivity (Wildman–Crippen MR) is 78.9 cm³/mol. The summed E-state index contributed by atoms with van der Waals surface area (Å²) < 4.78 is 8.46. The molecule has 3 heterocycles. The largest absolute Gasteiger partial charge is 0.378 e. The Morgan fingerprint density at radius 1 is 1.45 bits per heavy atom. The van der Waals surface area contributed by atoms with E-state index in [9.17, 15) is 0 Å². The molecule has 0 radical (unpaired) electrons. The summed E-state index contributed by atoms with van der Waals surface area (Å²) in [4.78, 5) is 4.14. The molecule has 1 saturated heterocycles. The Hall–Kier alpha value is -1.53. The van der Waals surface area contributed by atoms with E-state index in [1.165, 1.54) is 12.8 Å². The smallest absolute Gasteiger partial charge is 0.195 e. The Bertz CT molecular complexity index is 601. The van der Waals surface area contributed by atoms with Crippen LogP contribution in [0.5, 0.6) is 0 Å². The Morgan fingerprint density at radius 3 is 3.15 bits per heavy atom. The van der Waals surface area contributed by atoms with Gasteiger partial charge in [-0.25, -0.2) is 0 Å². The van der Waals surface area contributed by atoms with Crippen molar-refractivity contribution in [1.82, 2.24) is 19.7 Å². The number of H-pyrrole nitrogens is 1. The van der Waals surface area contributed by atoms with Crippen LogP contribution in [0, 0.1) is 4.77 Å². The number of aromatic amines is 1. The highest BCUT2D eigenvalue weighted by Gasteiger charge is 2.15. The van der Waals surface area contributed by atoms with Crippen molar-refractivity contribution < 1.29 is 4.74 Å². The highest BCUT2D eigenvalue weighted by atomic mass is 32.1. The van der Waals surface area contributed by atoms with E-state index in [1.54, 1.807) is 12.4 Å². The number of rotatable bonds is 4. The molecule has 0 aliphatic carbocycles. The Balaban J connectivity index is 1.76. The molecular formula is C14H18N4OS. The van der Waals surface area contributed by atoms with E-state index in [2.05, 4.69) is 15.2 Å². The molecule has 106 valence electrons. The van der Waals surface area contributed by atoms with Crippen molar-refractivity contribution in [2.24, 2.45) is 0 Å². The van der Waals surface area contributed by atoms with E-state index >= 15 is 0 Å². The molecule has 1 N–H and O–H groups in total. The van der Waals surface area contributed by atoms with Crippen LogP contribution in [0.2, 0.25) is 0 Å². The summed E-state index contributed by atoms with van der Waals surface area (Å²) in [5, 5.41) is 7.19. The van der Waals surface area contributed by atoms with Crippen LogP contribution in [0.3, 0.4) is 0 Å². The standard InChI is InChI=1S/C14H18N4OS/c20-14-17-16-13(11-4-3-7-15-10-11)18(14)8-6-12-5-1-2-9-19-12/h3-4,7,10,12H,1-2,5-6,8-9H2,(H,17,20). The van der Waals surface area contributed by atoms with E-state index in [-0.39, 0.29) is 0 Å². The SMILES string of the molecule is S=c1[nH]nc(-c2cccnc2)n1CCC1CCCCO1. The van der Waals surface area contributed by atoms with Crippen LogP contribution in [-0.4, -0.2) is 32.5 Å². The molecule has 0 spiro atoms. The molecule has 2 aromatic heterocycles. The molecule has 1 aliphatic heterocycles. The second-order valence-corrected chi connectivity index (χ2v) is 5.41. The van der Waals surface area contributed by atoms with Gasteiger partial charge < -0.3 is 9.30 Å². The van der Waals surface area contributed by atoms with E-state index in [0.29, 0.717) is 10.9 Å². The van der Waals surface area contributed by atoms with Gasteiger partial charge in [0.05, 0.1) is 6.10 Å². The fourth-order valence-electron chi connectivity index (χ4n) is 2.55. The lowest BCUT2D eigenvalue weighted by Gasteiger charge is -2.22. The van der Waals surface area contributed by atoms with Crippen molar-refractivity contribution in [1.29, 1.82) is 0 Å². The molecule has 5 nitrogen and oxygen atoms in total. The summed E-state index contributed by atoms with van der Waals surface area (Å²) in [6.45, 7) is 1.71. The first-order valence-corrected chi connectivity index (χ1v) is 7.42. The van der Waals surface area contributed by atoms with E-state index in [0.717, 1.165) is 37.4 Å². The third-order valence-electron chi connectivity index (χ3n) is 3.63. The second kappa shape index (κ2) is 6.28. The molecule has 0 saturated carbocycles. The van der Waals surface area contributed by atoms with Gasteiger partial charge in [0.1, 0.15) is 0 Å². The molecule has 1 unspecified atom stereocenters. The van der Waals surface area contributed by atoms with Crippen LogP contribution in [0.4, 0.5) is 0 Å². The van der Waals surface area contributed by atoms with Gasteiger partial charge in [-0.1, -0.05) is 0 Å². The number of ether oxygens (including phenoxy) is 1. The van der Waals surface area contributed by atoms with Crippen molar-refractivity contribution in [2.75, 3.05) is 6.61 Å². The van der Waals surface area contributed by atoms with Crippen molar-refractivity contribution in [3.63, 3.8) is 0 Å². The zero-order valence-corrected chi connectivity index (χ0v) is 12.1. The number of nitrogens with zero attached hydrogens (tertiary/aromatic N) is 3. The highest BCUT2D eigenvalue weighted by molar-refractivity contribution is 7.71.